The number of amides is 1. The summed E-state index contributed by atoms with van der Waals surface area (Å²) in [4.78, 5) is 18.3. The third kappa shape index (κ3) is 7.72. The van der Waals surface area contributed by atoms with Gasteiger partial charge in [0, 0.05) is 25.6 Å². The highest BCUT2D eigenvalue weighted by Crippen LogP contribution is 2.19. The Hall–Kier alpha value is -3.14. The lowest BCUT2D eigenvalue weighted by Gasteiger charge is -2.19. The minimum Gasteiger partial charge on any atom is -0.435 e. The van der Waals surface area contributed by atoms with Crippen LogP contribution in [0.2, 0.25) is 0 Å². The van der Waals surface area contributed by atoms with E-state index in [-0.39, 0.29) is 11.7 Å². The standard InChI is InChI=1S/C25H29F2N3O4/c1-30(16-20-3-2-4-23(32)29-20)24(33)19-7-5-17(6-8-19)13-14-28-15-22(31)18-9-11-21(12-10-18)34-25(26)27/h2-3,5-12,22-23,25,28,31-32H,4,13-16H2,1H3. The van der Waals surface area contributed by atoms with E-state index in [2.05, 4.69) is 15.0 Å². The van der Waals surface area contributed by atoms with E-state index in [4.69, 9.17) is 0 Å². The summed E-state index contributed by atoms with van der Waals surface area (Å²) in [6.45, 7) is -1.63. The molecule has 2 atom stereocenters. The van der Waals surface area contributed by atoms with E-state index < -0.39 is 18.9 Å². The van der Waals surface area contributed by atoms with Crippen LogP contribution < -0.4 is 10.1 Å². The lowest BCUT2D eigenvalue weighted by atomic mass is 10.1. The predicted octanol–water partition coefficient (Wildman–Crippen LogP) is 2.95. The van der Waals surface area contributed by atoms with Crippen molar-refractivity contribution in [3.8, 4) is 5.75 Å². The van der Waals surface area contributed by atoms with Gasteiger partial charge in [0.2, 0.25) is 0 Å². The Morgan fingerprint density at radius 1 is 1.21 bits per heavy atom. The molecule has 1 aliphatic rings. The SMILES string of the molecule is CN(CC1=NC(O)CC=C1)C(=O)c1ccc(CCNCC(O)c2ccc(OC(F)F)cc2)cc1. The Kier molecular flexibility index (Phi) is 9.26. The molecular weight excluding hydrogens is 444 g/mol. The van der Waals surface area contributed by atoms with Crippen molar-refractivity contribution in [2.24, 2.45) is 4.99 Å². The zero-order valence-corrected chi connectivity index (χ0v) is 18.9. The number of ether oxygens (including phenoxy) is 1. The molecule has 0 aromatic heterocycles. The summed E-state index contributed by atoms with van der Waals surface area (Å²) in [7, 11) is 1.70. The van der Waals surface area contributed by atoms with Crippen molar-refractivity contribution in [1.29, 1.82) is 0 Å². The van der Waals surface area contributed by atoms with E-state index in [1.165, 1.54) is 12.1 Å². The van der Waals surface area contributed by atoms with Crippen LogP contribution in [0, 0.1) is 0 Å². The fourth-order valence-electron chi connectivity index (χ4n) is 3.52. The summed E-state index contributed by atoms with van der Waals surface area (Å²) in [6, 6.07) is 13.2. The van der Waals surface area contributed by atoms with Crippen LogP contribution in [-0.4, -0.2) is 66.3 Å². The van der Waals surface area contributed by atoms with Gasteiger partial charge in [-0.25, -0.2) is 0 Å². The molecule has 0 radical (unpaired) electrons. The summed E-state index contributed by atoms with van der Waals surface area (Å²) < 4.78 is 28.7. The first-order chi connectivity index (χ1) is 16.3. The largest absolute Gasteiger partial charge is 0.435 e. The number of nitrogens with zero attached hydrogens (tertiary/aromatic N) is 2. The average molecular weight is 474 g/mol. The zero-order chi connectivity index (χ0) is 24.5. The number of halogens is 2. The van der Waals surface area contributed by atoms with E-state index in [0.717, 1.165) is 5.56 Å². The highest BCUT2D eigenvalue weighted by atomic mass is 19.3. The molecule has 2 aromatic carbocycles. The number of carbonyl (C=O) groups is 1. The number of carbonyl (C=O) groups excluding carboxylic acids is 1. The second kappa shape index (κ2) is 12.4. The molecule has 3 N–H and O–H groups in total. The van der Waals surface area contributed by atoms with Gasteiger partial charge in [0.1, 0.15) is 12.0 Å². The number of benzene rings is 2. The second-order valence-electron chi connectivity index (χ2n) is 8.01. The molecule has 1 amide bonds. The van der Waals surface area contributed by atoms with Crippen LogP contribution >= 0.6 is 0 Å². The number of aliphatic hydroxyl groups is 2. The minimum absolute atomic E-state index is 0.0467. The topological polar surface area (TPSA) is 94.4 Å². The smallest absolute Gasteiger partial charge is 0.387 e. The Morgan fingerprint density at radius 2 is 1.91 bits per heavy atom. The molecule has 1 aliphatic heterocycles. The molecule has 0 aliphatic carbocycles. The van der Waals surface area contributed by atoms with Gasteiger partial charge in [-0.15, -0.1) is 0 Å². The predicted molar refractivity (Wildman–Crippen MR) is 125 cm³/mol. The van der Waals surface area contributed by atoms with Crippen molar-refractivity contribution in [3.63, 3.8) is 0 Å². The summed E-state index contributed by atoms with van der Waals surface area (Å²) in [5.74, 6) is -0.0839. The first kappa shape index (κ1) is 25.5. The molecule has 34 heavy (non-hydrogen) atoms. The van der Waals surface area contributed by atoms with Crippen LogP contribution in [0.5, 0.6) is 5.75 Å². The maximum Gasteiger partial charge on any atom is 0.387 e. The molecular formula is C25H29F2N3O4. The van der Waals surface area contributed by atoms with Crippen molar-refractivity contribution < 1.29 is 28.5 Å². The van der Waals surface area contributed by atoms with Crippen molar-refractivity contribution in [2.75, 3.05) is 26.7 Å². The minimum atomic E-state index is -2.88. The highest BCUT2D eigenvalue weighted by Gasteiger charge is 2.15. The van der Waals surface area contributed by atoms with E-state index in [9.17, 15) is 23.8 Å². The summed E-state index contributed by atoms with van der Waals surface area (Å²) in [6.07, 6.45) is 3.33. The molecule has 0 saturated carbocycles. The van der Waals surface area contributed by atoms with Crippen LogP contribution in [0.25, 0.3) is 0 Å². The Morgan fingerprint density at radius 3 is 2.56 bits per heavy atom. The first-order valence-electron chi connectivity index (χ1n) is 11.0. The fraction of sp³-hybridized carbons (Fsp3) is 0.360. The first-order valence-corrected chi connectivity index (χ1v) is 11.0. The maximum atomic E-state index is 12.7. The fourth-order valence-corrected chi connectivity index (χ4v) is 3.52. The van der Waals surface area contributed by atoms with Gasteiger partial charge in [0.05, 0.1) is 18.4 Å². The van der Waals surface area contributed by atoms with E-state index >= 15 is 0 Å². The van der Waals surface area contributed by atoms with Crippen LogP contribution in [-0.2, 0) is 6.42 Å². The van der Waals surface area contributed by atoms with Crippen LogP contribution in [0.15, 0.2) is 65.7 Å². The lowest BCUT2D eigenvalue weighted by molar-refractivity contribution is -0.0498. The number of hydrogen-bond acceptors (Lipinski definition) is 6. The van der Waals surface area contributed by atoms with Crippen molar-refractivity contribution in [1.82, 2.24) is 10.2 Å². The van der Waals surface area contributed by atoms with Gasteiger partial charge >= 0.3 is 6.61 Å². The molecule has 1 heterocycles. The quantitative estimate of drug-likeness (QED) is 0.437. The van der Waals surface area contributed by atoms with Gasteiger partial charge in [0.25, 0.3) is 5.91 Å². The van der Waals surface area contributed by atoms with Gasteiger partial charge in [0.15, 0.2) is 0 Å². The summed E-state index contributed by atoms with van der Waals surface area (Å²) in [5.41, 5.74) is 2.87. The van der Waals surface area contributed by atoms with E-state index in [0.29, 0.717) is 49.3 Å². The van der Waals surface area contributed by atoms with Gasteiger partial charge < -0.3 is 25.2 Å². The number of nitrogens with one attached hydrogen (secondary N) is 1. The van der Waals surface area contributed by atoms with Crippen molar-refractivity contribution in [2.45, 2.75) is 31.8 Å². The molecule has 0 bridgehead atoms. The van der Waals surface area contributed by atoms with Crippen molar-refractivity contribution in [3.05, 3.63) is 77.4 Å². The van der Waals surface area contributed by atoms with Gasteiger partial charge in [-0.3, -0.25) is 9.79 Å². The number of dihydropyridines is 1. The molecule has 9 heteroatoms. The molecule has 0 saturated heterocycles. The zero-order valence-electron chi connectivity index (χ0n) is 18.9. The highest BCUT2D eigenvalue weighted by molar-refractivity contribution is 6.01. The normalized spacial score (nSPS) is 16.3. The van der Waals surface area contributed by atoms with E-state index in [1.807, 2.05) is 24.3 Å². The maximum absolute atomic E-state index is 12.7. The lowest BCUT2D eigenvalue weighted by Crippen LogP contribution is -2.32. The number of aliphatic imine (C=N–C) groups is 1. The summed E-state index contributed by atoms with van der Waals surface area (Å²) >= 11 is 0. The van der Waals surface area contributed by atoms with Gasteiger partial charge in [-0.05, 0) is 54.4 Å². The summed E-state index contributed by atoms with van der Waals surface area (Å²) in [5, 5.41) is 23.0. The Bertz CT molecular complexity index is 994. The third-order valence-electron chi connectivity index (χ3n) is 5.34. The molecule has 3 rings (SSSR count). The monoisotopic (exact) mass is 473 g/mol. The number of aliphatic hydroxyl groups excluding tert-OH is 2. The number of alkyl halides is 2. The number of hydrogen-bond donors (Lipinski definition) is 3. The van der Waals surface area contributed by atoms with Gasteiger partial charge in [-0.1, -0.05) is 30.3 Å². The molecule has 2 aromatic rings. The van der Waals surface area contributed by atoms with Crippen LogP contribution in [0.4, 0.5) is 8.78 Å². The Balaban J connectivity index is 1.41. The van der Waals surface area contributed by atoms with Gasteiger partial charge in [-0.2, -0.15) is 8.78 Å². The molecule has 7 nitrogen and oxygen atoms in total. The van der Waals surface area contributed by atoms with Crippen LogP contribution in [0.1, 0.15) is 34.0 Å². The molecule has 182 valence electrons. The molecule has 2 unspecified atom stereocenters. The van der Waals surface area contributed by atoms with Crippen LogP contribution in [0.3, 0.4) is 0 Å². The molecule has 0 fully saturated rings. The number of rotatable bonds is 11. The van der Waals surface area contributed by atoms with Crippen molar-refractivity contribution >= 4 is 11.6 Å². The van der Waals surface area contributed by atoms with E-state index in [1.54, 1.807) is 36.2 Å². The third-order valence-corrected chi connectivity index (χ3v) is 5.34. The Labute approximate surface area is 197 Å². The average Bonchev–Trinajstić information content (AvgIpc) is 2.81. The molecule has 0 spiro atoms. The second-order valence-corrected chi connectivity index (χ2v) is 8.01.